The first kappa shape index (κ1) is 12.3. The molecule has 2 N–H and O–H groups in total. The molecule has 0 unspecified atom stereocenters. The van der Waals surface area contributed by atoms with Crippen LogP contribution in [0.1, 0.15) is 12.0 Å². The third kappa shape index (κ3) is 5.04. The molecule has 1 aromatic rings. The van der Waals surface area contributed by atoms with E-state index in [4.69, 9.17) is 5.11 Å². The average Bonchev–Trinajstić information content (AvgIpc) is 2.25. The van der Waals surface area contributed by atoms with Crippen LogP contribution >= 0.6 is 11.8 Å². The summed E-state index contributed by atoms with van der Waals surface area (Å²) in [6, 6.07) is 3.99. The fourth-order valence-corrected chi connectivity index (χ4v) is 1.96. The van der Waals surface area contributed by atoms with E-state index in [1.165, 1.54) is 5.56 Å². The van der Waals surface area contributed by atoms with E-state index in [2.05, 4.69) is 10.3 Å². The highest BCUT2D eigenvalue weighted by atomic mass is 32.2. The van der Waals surface area contributed by atoms with Gasteiger partial charge in [0, 0.05) is 25.1 Å². The van der Waals surface area contributed by atoms with Gasteiger partial charge in [-0.05, 0) is 30.7 Å². The molecule has 0 aliphatic rings. The van der Waals surface area contributed by atoms with Gasteiger partial charge >= 0.3 is 0 Å². The lowest BCUT2D eigenvalue weighted by Gasteiger charge is -2.07. The van der Waals surface area contributed by atoms with Crippen LogP contribution in [-0.2, 0) is 0 Å². The molecule has 3 nitrogen and oxygen atoms in total. The van der Waals surface area contributed by atoms with Gasteiger partial charge in [0.25, 0.3) is 0 Å². The predicted molar refractivity (Wildman–Crippen MR) is 66.5 cm³/mol. The van der Waals surface area contributed by atoms with E-state index in [1.807, 2.05) is 30.8 Å². The lowest BCUT2D eigenvalue weighted by molar-refractivity contribution is 0.296. The third-order valence-corrected chi connectivity index (χ3v) is 3.07. The molecule has 0 atom stereocenters. The molecular weight excluding hydrogens is 208 g/mol. The van der Waals surface area contributed by atoms with Gasteiger partial charge in [-0.2, -0.15) is 11.8 Å². The second-order valence-electron chi connectivity index (χ2n) is 3.29. The monoisotopic (exact) mass is 226 g/mol. The maximum absolute atomic E-state index is 8.60. The van der Waals surface area contributed by atoms with Crippen LogP contribution in [0.25, 0.3) is 0 Å². The SMILES string of the molecule is Cc1cccnc1NCCSCCCO. The van der Waals surface area contributed by atoms with Gasteiger partial charge in [0.05, 0.1) is 0 Å². The molecule has 0 spiro atoms. The normalized spacial score (nSPS) is 10.3. The Balaban J connectivity index is 2.12. The summed E-state index contributed by atoms with van der Waals surface area (Å²) in [5, 5.41) is 11.9. The van der Waals surface area contributed by atoms with Crippen molar-refractivity contribution in [1.82, 2.24) is 4.98 Å². The van der Waals surface area contributed by atoms with Gasteiger partial charge in [0.2, 0.25) is 0 Å². The van der Waals surface area contributed by atoms with E-state index in [0.717, 1.165) is 30.3 Å². The van der Waals surface area contributed by atoms with Crippen LogP contribution in [0.3, 0.4) is 0 Å². The zero-order valence-corrected chi connectivity index (χ0v) is 9.89. The Bertz CT molecular complexity index is 281. The van der Waals surface area contributed by atoms with Crippen LogP contribution in [0.15, 0.2) is 18.3 Å². The number of anilines is 1. The lowest BCUT2D eigenvalue weighted by atomic mass is 10.3. The third-order valence-electron chi connectivity index (χ3n) is 2.00. The number of nitrogens with one attached hydrogen (secondary N) is 1. The van der Waals surface area contributed by atoms with Gasteiger partial charge in [-0.15, -0.1) is 0 Å². The Kier molecular flexibility index (Phi) is 6.20. The average molecular weight is 226 g/mol. The van der Waals surface area contributed by atoms with Gasteiger partial charge in [-0.3, -0.25) is 0 Å². The maximum atomic E-state index is 8.60. The van der Waals surface area contributed by atoms with E-state index in [-0.39, 0.29) is 0 Å². The molecule has 84 valence electrons. The molecule has 0 saturated carbocycles. The zero-order chi connectivity index (χ0) is 10.9. The molecule has 0 bridgehead atoms. The van der Waals surface area contributed by atoms with Gasteiger partial charge in [0.15, 0.2) is 0 Å². The molecule has 1 rings (SSSR count). The summed E-state index contributed by atoms with van der Waals surface area (Å²) in [6.45, 7) is 3.27. The quantitative estimate of drug-likeness (QED) is 0.697. The number of hydrogen-bond acceptors (Lipinski definition) is 4. The molecule has 0 saturated heterocycles. The molecule has 1 heterocycles. The number of aryl methyl sites for hydroxylation is 1. The number of rotatable bonds is 7. The topological polar surface area (TPSA) is 45.2 Å². The second-order valence-corrected chi connectivity index (χ2v) is 4.51. The van der Waals surface area contributed by atoms with Crippen LogP contribution in [-0.4, -0.2) is 34.7 Å². The van der Waals surface area contributed by atoms with E-state index >= 15 is 0 Å². The summed E-state index contributed by atoms with van der Waals surface area (Å²) in [6.07, 6.45) is 2.68. The minimum Gasteiger partial charge on any atom is -0.396 e. The summed E-state index contributed by atoms with van der Waals surface area (Å²) in [5.41, 5.74) is 1.18. The largest absolute Gasteiger partial charge is 0.396 e. The van der Waals surface area contributed by atoms with E-state index < -0.39 is 0 Å². The molecule has 0 aliphatic carbocycles. The Morgan fingerprint density at radius 1 is 1.47 bits per heavy atom. The van der Waals surface area contributed by atoms with Gasteiger partial charge in [-0.25, -0.2) is 4.98 Å². The summed E-state index contributed by atoms with van der Waals surface area (Å²) in [5.74, 6) is 3.05. The number of aliphatic hydroxyl groups excluding tert-OH is 1. The number of aromatic nitrogens is 1. The summed E-state index contributed by atoms with van der Waals surface area (Å²) >= 11 is 1.85. The van der Waals surface area contributed by atoms with Crippen LogP contribution in [0.5, 0.6) is 0 Å². The molecule has 0 amide bonds. The number of hydrogen-bond donors (Lipinski definition) is 2. The molecule has 0 radical (unpaired) electrons. The van der Waals surface area contributed by atoms with Crippen molar-refractivity contribution in [2.24, 2.45) is 0 Å². The minimum absolute atomic E-state index is 0.291. The first-order valence-corrected chi connectivity index (χ1v) is 6.34. The van der Waals surface area contributed by atoms with Crippen molar-refractivity contribution in [2.75, 3.05) is 30.0 Å². The minimum atomic E-state index is 0.291. The van der Waals surface area contributed by atoms with Gasteiger partial charge < -0.3 is 10.4 Å². The molecule has 0 aliphatic heterocycles. The summed E-state index contributed by atoms with van der Waals surface area (Å²) < 4.78 is 0. The van der Waals surface area contributed by atoms with E-state index in [9.17, 15) is 0 Å². The van der Waals surface area contributed by atoms with Crippen molar-refractivity contribution in [3.63, 3.8) is 0 Å². The Morgan fingerprint density at radius 3 is 3.07 bits per heavy atom. The number of pyridine rings is 1. The van der Waals surface area contributed by atoms with Crippen LogP contribution < -0.4 is 5.32 Å². The lowest BCUT2D eigenvalue weighted by Crippen LogP contribution is -2.07. The molecule has 15 heavy (non-hydrogen) atoms. The number of nitrogens with zero attached hydrogens (tertiary/aromatic N) is 1. The fraction of sp³-hybridized carbons (Fsp3) is 0.545. The Labute approximate surface area is 95.3 Å². The number of thioether (sulfide) groups is 1. The van der Waals surface area contributed by atoms with Crippen molar-refractivity contribution >= 4 is 17.6 Å². The standard InChI is InChI=1S/C11H18N2OS/c1-10-4-2-5-12-11(10)13-6-9-15-8-3-7-14/h2,4-5,14H,3,6-9H2,1H3,(H,12,13). The first-order valence-electron chi connectivity index (χ1n) is 5.18. The highest BCUT2D eigenvalue weighted by molar-refractivity contribution is 7.99. The second kappa shape index (κ2) is 7.54. The van der Waals surface area contributed by atoms with Crippen molar-refractivity contribution in [1.29, 1.82) is 0 Å². The van der Waals surface area contributed by atoms with Crippen molar-refractivity contribution < 1.29 is 5.11 Å². The van der Waals surface area contributed by atoms with Crippen LogP contribution in [0, 0.1) is 6.92 Å². The highest BCUT2D eigenvalue weighted by Crippen LogP contribution is 2.09. The predicted octanol–water partition coefficient (Wildman–Crippen LogP) is 1.92. The number of aliphatic hydroxyl groups is 1. The van der Waals surface area contributed by atoms with Crippen molar-refractivity contribution in [3.05, 3.63) is 23.9 Å². The molecule has 4 heteroatoms. The van der Waals surface area contributed by atoms with Gasteiger partial charge in [0.1, 0.15) is 5.82 Å². The van der Waals surface area contributed by atoms with Crippen molar-refractivity contribution in [3.8, 4) is 0 Å². The smallest absolute Gasteiger partial charge is 0.128 e. The fourth-order valence-electron chi connectivity index (χ4n) is 1.18. The van der Waals surface area contributed by atoms with Crippen molar-refractivity contribution in [2.45, 2.75) is 13.3 Å². The van der Waals surface area contributed by atoms with Gasteiger partial charge in [-0.1, -0.05) is 6.07 Å². The zero-order valence-electron chi connectivity index (χ0n) is 9.07. The molecule has 1 aromatic heterocycles. The molecule has 0 aromatic carbocycles. The summed E-state index contributed by atoms with van der Waals surface area (Å²) in [4.78, 5) is 4.25. The van der Waals surface area contributed by atoms with Crippen LogP contribution in [0.4, 0.5) is 5.82 Å². The van der Waals surface area contributed by atoms with E-state index in [1.54, 1.807) is 6.20 Å². The molecular formula is C11H18N2OS. The summed E-state index contributed by atoms with van der Waals surface area (Å²) in [7, 11) is 0. The Morgan fingerprint density at radius 2 is 2.33 bits per heavy atom. The van der Waals surface area contributed by atoms with E-state index in [0.29, 0.717) is 6.61 Å². The first-order chi connectivity index (χ1) is 7.34. The highest BCUT2D eigenvalue weighted by Gasteiger charge is 1.96. The molecule has 0 fully saturated rings. The van der Waals surface area contributed by atoms with Crippen LogP contribution in [0.2, 0.25) is 0 Å². The maximum Gasteiger partial charge on any atom is 0.128 e. The Hall–Kier alpha value is -0.740.